The van der Waals surface area contributed by atoms with Gasteiger partial charge in [-0.25, -0.2) is 9.97 Å². The molecule has 13 nitrogen and oxygen atoms in total. The normalized spacial score (nSPS) is 16.2. The van der Waals surface area contributed by atoms with Crippen LogP contribution >= 0.6 is 0 Å². The topological polar surface area (TPSA) is 136 Å². The van der Waals surface area contributed by atoms with Crippen molar-refractivity contribution in [3.8, 4) is 28.5 Å². The molecule has 1 fully saturated rings. The summed E-state index contributed by atoms with van der Waals surface area (Å²) in [4.78, 5) is 25.4. The van der Waals surface area contributed by atoms with Crippen molar-refractivity contribution in [3.63, 3.8) is 0 Å². The van der Waals surface area contributed by atoms with Crippen LogP contribution in [0, 0.1) is 0 Å². The van der Waals surface area contributed by atoms with Gasteiger partial charge in [-0.05, 0) is 61.4 Å². The minimum atomic E-state index is 0.212. The van der Waals surface area contributed by atoms with Crippen molar-refractivity contribution < 1.29 is 19.0 Å². The highest BCUT2D eigenvalue weighted by Gasteiger charge is 2.26. The van der Waals surface area contributed by atoms with Crippen molar-refractivity contribution in [2.45, 2.75) is 25.9 Å². The number of rotatable bonds is 12. The molecule has 1 amide bonds. The maximum atomic E-state index is 12.6. The molecule has 0 saturated carbocycles. The van der Waals surface area contributed by atoms with Gasteiger partial charge in [-0.1, -0.05) is 36.4 Å². The van der Waals surface area contributed by atoms with Crippen molar-refractivity contribution in [2.24, 2.45) is 7.05 Å². The minimum Gasteiger partial charge on any atom is -0.475 e. The maximum absolute atomic E-state index is 12.6. The molecule has 2 aliphatic rings. The van der Waals surface area contributed by atoms with Crippen LogP contribution in [0.2, 0.25) is 0 Å². The number of hydrogen-bond donors (Lipinski definition) is 2. The first-order valence-electron chi connectivity index (χ1n) is 17.6. The lowest BCUT2D eigenvalue weighted by Crippen LogP contribution is -2.41. The highest BCUT2D eigenvalue weighted by Crippen LogP contribution is 2.29. The van der Waals surface area contributed by atoms with Gasteiger partial charge >= 0.3 is 0 Å². The first-order chi connectivity index (χ1) is 25.4. The fraction of sp³-hybridized carbons (Fsp3) is 0.359. The van der Waals surface area contributed by atoms with E-state index >= 15 is 0 Å². The minimum absolute atomic E-state index is 0.212. The number of fused-ring (bicyclic) bond motifs is 1. The van der Waals surface area contributed by atoms with Crippen molar-refractivity contribution in [2.75, 3.05) is 65.5 Å². The molecule has 7 rings (SSSR count). The summed E-state index contributed by atoms with van der Waals surface area (Å²) in [6, 6.07) is 18.2. The van der Waals surface area contributed by atoms with Crippen molar-refractivity contribution >= 4 is 28.1 Å². The van der Waals surface area contributed by atoms with Crippen LogP contribution in [-0.4, -0.2) is 112 Å². The van der Waals surface area contributed by atoms with Crippen LogP contribution in [0.5, 0.6) is 5.88 Å². The first kappa shape index (κ1) is 36.4. The average molecular weight is 706 g/mol. The maximum Gasteiger partial charge on any atom is 0.237 e. The fourth-order valence-electron chi connectivity index (χ4n) is 6.23. The summed E-state index contributed by atoms with van der Waals surface area (Å²) in [5, 5.41) is 16.1. The number of amides is 1. The second-order valence-corrected chi connectivity index (χ2v) is 12.7. The third kappa shape index (κ3) is 9.29. The lowest BCUT2D eigenvalue weighted by atomic mass is 9.98. The number of benzene rings is 2. The molecule has 2 aromatic carbocycles. The Morgan fingerprint density at radius 2 is 1.85 bits per heavy atom. The predicted octanol–water partition coefficient (Wildman–Crippen LogP) is 5.41. The second-order valence-electron chi connectivity index (χ2n) is 12.7. The first-order valence-corrected chi connectivity index (χ1v) is 17.6. The summed E-state index contributed by atoms with van der Waals surface area (Å²) in [7, 11) is 5.25. The van der Waals surface area contributed by atoms with E-state index in [2.05, 4.69) is 71.9 Å². The number of pyridine rings is 1. The summed E-state index contributed by atoms with van der Waals surface area (Å²) in [6.07, 6.45) is 11.7. The lowest BCUT2D eigenvalue weighted by molar-refractivity contribution is -0.131. The van der Waals surface area contributed by atoms with E-state index in [-0.39, 0.29) is 12.0 Å². The van der Waals surface area contributed by atoms with Gasteiger partial charge in [0.2, 0.25) is 11.8 Å². The number of carbonyl (C=O) groups is 1. The van der Waals surface area contributed by atoms with E-state index < -0.39 is 0 Å². The van der Waals surface area contributed by atoms with Gasteiger partial charge in [0.05, 0.1) is 24.8 Å². The number of aryl methyl sites for hydroxylation is 1. The Morgan fingerprint density at radius 1 is 1.02 bits per heavy atom. The number of aromatic amines is 1. The summed E-state index contributed by atoms with van der Waals surface area (Å²) in [5.41, 5.74) is 7.30. The van der Waals surface area contributed by atoms with E-state index in [1.807, 2.05) is 55.4 Å². The highest BCUT2D eigenvalue weighted by atomic mass is 16.5. The van der Waals surface area contributed by atoms with Crippen LogP contribution in [-0.2, 0) is 21.3 Å². The van der Waals surface area contributed by atoms with Crippen LogP contribution in [0.3, 0.4) is 0 Å². The number of ether oxygens (including phenoxy) is 3. The van der Waals surface area contributed by atoms with Gasteiger partial charge in [-0.15, -0.1) is 0 Å². The largest absolute Gasteiger partial charge is 0.475 e. The summed E-state index contributed by atoms with van der Waals surface area (Å²) < 4.78 is 17.5. The van der Waals surface area contributed by atoms with Gasteiger partial charge < -0.3 is 24.4 Å². The lowest BCUT2D eigenvalue weighted by Gasteiger charge is -2.28. The molecule has 0 unspecified atom stereocenters. The molecular formula is C39H47N9O4. The van der Waals surface area contributed by atoms with Crippen molar-refractivity contribution in [1.29, 1.82) is 0 Å². The van der Waals surface area contributed by atoms with Crippen LogP contribution < -0.4 is 10.1 Å². The number of H-pyrrole nitrogens is 1. The zero-order valence-electron chi connectivity index (χ0n) is 30.3. The molecule has 5 aromatic rings. The van der Waals surface area contributed by atoms with Gasteiger partial charge in [0.25, 0.3) is 0 Å². The number of likely N-dealkylation sites (tertiary alicyclic amines) is 1. The number of carbonyl (C=O) groups excluding carboxylic acids is 1. The van der Waals surface area contributed by atoms with E-state index in [0.717, 1.165) is 71.7 Å². The van der Waals surface area contributed by atoms with Crippen LogP contribution in [0.4, 0.5) is 5.69 Å². The Labute approximate surface area is 304 Å². The predicted molar refractivity (Wildman–Crippen MR) is 203 cm³/mol. The molecule has 0 bridgehead atoms. The molecule has 5 heterocycles. The summed E-state index contributed by atoms with van der Waals surface area (Å²) in [6.45, 7) is 6.73. The van der Waals surface area contributed by atoms with E-state index in [4.69, 9.17) is 14.2 Å². The zero-order chi connectivity index (χ0) is 36.3. The van der Waals surface area contributed by atoms with Gasteiger partial charge in [-0.2, -0.15) is 10.2 Å². The number of nitrogens with one attached hydrogen (secondary N) is 2. The number of hydrogen-bond acceptors (Lipinski definition) is 10. The number of nitrogens with zero attached hydrogens (tertiary/aromatic N) is 7. The summed E-state index contributed by atoms with van der Waals surface area (Å²) >= 11 is 0. The fourth-order valence-corrected chi connectivity index (χ4v) is 6.23. The molecule has 52 heavy (non-hydrogen) atoms. The van der Waals surface area contributed by atoms with Crippen molar-refractivity contribution in [1.82, 2.24) is 39.7 Å². The third-order valence-corrected chi connectivity index (χ3v) is 9.12. The Hall–Kier alpha value is -5.37. The van der Waals surface area contributed by atoms with Gasteiger partial charge in [0.1, 0.15) is 18.6 Å². The standard InChI is InChI=1S/C21H27N5O2.C18H20N4O2/c1-24-15-22-21(23-24)18-5-3-16(4-6-18)17-7-11-26(12-8-17)20(27)14-25-10-9-19(13-25)28-2;1-3-8-19-14-5-6-16-15(11-14)18(22-21-16)13-4-7-17(20-12-13)24-10-9-23-2/h3-7,15,19H,8-14H2,1-2H3;3-8,11-12,19H,9-10H2,1-2H3,(H,21,22)/b;8-3+/t19-;/m0./s1. The number of anilines is 1. The smallest absolute Gasteiger partial charge is 0.237 e. The van der Waals surface area contributed by atoms with E-state index in [1.165, 1.54) is 11.1 Å². The number of methoxy groups -OCH3 is 2. The SMILES string of the molecule is C/C=C/Nc1ccc2[nH]nc(-c3ccc(OCCOC)nc3)c2c1.CO[C@H]1CCN(CC(=O)N2CC=C(c3ccc(-c4ncn(C)n4)cc3)CC2)C1. The van der Waals surface area contributed by atoms with Gasteiger partial charge in [-0.3, -0.25) is 19.5 Å². The Bertz CT molecular complexity index is 1970. The Balaban J connectivity index is 0.000000181. The zero-order valence-corrected chi connectivity index (χ0v) is 30.3. The molecule has 1 atom stereocenters. The number of aromatic nitrogens is 6. The molecular weight excluding hydrogens is 658 g/mol. The van der Waals surface area contributed by atoms with Gasteiger partial charge in [0.15, 0.2) is 5.82 Å². The van der Waals surface area contributed by atoms with E-state index in [1.54, 1.807) is 31.4 Å². The Kier molecular flexibility index (Phi) is 12.4. The third-order valence-electron chi connectivity index (χ3n) is 9.12. The molecule has 2 aliphatic heterocycles. The molecule has 0 spiro atoms. The molecule has 2 N–H and O–H groups in total. The molecule has 272 valence electrons. The monoisotopic (exact) mass is 705 g/mol. The van der Waals surface area contributed by atoms with Crippen LogP contribution in [0.25, 0.3) is 39.1 Å². The van der Waals surface area contributed by atoms with Crippen LogP contribution in [0.15, 0.2) is 85.5 Å². The van der Waals surface area contributed by atoms with Gasteiger partial charge in [0, 0.05) is 81.9 Å². The molecule has 13 heteroatoms. The quantitative estimate of drug-likeness (QED) is 0.162. The molecule has 1 saturated heterocycles. The highest BCUT2D eigenvalue weighted by molar-refractivity contribution is 5.94. The van der Waals surface area contributed by atoms with Crippen molar-refractivity contribution in [3.05, 3.63) is 91.0 Å². The van der Waals surface area contributed by atoms with E-state index in [9.17, 15) is 4.79 Å². The number of allylic oxidation sites excluding steroid dienone is 1. The van der Waals surface area contributed by atoms with E-state index in [0.29, 0.717) is 32.2 Å². The summed E-state index contributed by atoms with van der Waals surface area (Å²) in [5.74, 6) is 1.52. The Morgan fingerprint density at radius 3 is 2.52 bits per heavy atom. The second kappa shape index (κ2) is 17.7. The molecule has 0 aliphatic carbocycles. The molecule has 0 radical (unpaired) electrons. The molecule has 3 aromatic heterocycles. The van der Waals surface area contributed by atoms with Crippen LogP contribution in [0.1, 0.15) is 25.3 Å². The average Bonchev–Trinajstić information content (AvgIpc) is 3.95.